The second-order valence-corrected chi connectivity index (χ2v) is 10.1. The lowest BCUT2D eigenvalue weighted by molar-refractivity contribution is -0.121. The van der Waals surface area contributed by atoms with E-state index in [2.05, 4.69) is 25.3 Å². The third-order valence-electron chi connectivity index (χ3n) is 5.69. The number of aryl methyl sites for hydroxylation is 1. The lowest BCUT2D eigenvalue weighted by Gasteiger charge is -2.36. The predicted octanol–water partition coefficient (Wildman–Crippen LogP) is 3.87. The highest BCUT2D eigenvalue weighted by Gasteiger charge is 2.33. The van der Waals surface area contributed by atoms with Crippen molar-refractivity contribution in [2.45, 2.75) is 27.2 Å². The smallest absolute Gasteiger partial charge is 0.267 e. The van der Waals surface area contributed by atoms with Gasteiger partial charge in [0.05, 0.1) is 10.5 Å². The minimum atomic E-state index is -0.199. The van der Waals surface area contributed by atoms with Crippen LogP contribution in [0.3, 0.4) is 0 Å². The maximum Gasteiger partial charge on any atom is 0.267 e. The van der Waals surface area contributed by atoms with Gasteiger partial charge in [-0.25, -0.2) is 4.98 Å². The highest BCUT2D eigenvalue weighted by Crippen LogP contribution is 2.34. The number of carbonyl (C=O) groups excluding carboxylic acids is 1. The number of hydrogen-bond acceptors (Lipinski definition) is 6. The summed E-state index contributed by atoms with van der Waals surface area (Å²) in [5.41, 5.74) is 1.83. The van der Waals surface area contributed by atoms with Crippen molar-refractivity contribution in [3.8, 4) is 0 Å². The fourth-order valence-electron chi connectivity index (χ4n) is 4.42. The van der Waals surface area contributed by atoms with E-state index in [1.165, 1.54) is 16.7 Å². The molecule has 0 aromatic carbocycles. The number of carbonyl (C=O) groups is 1. The van der Waals surface area contributed by atoms with E-state index in [0.29, 0.717) is 44.6 Å². The van der Waals surface area contributed by atoms with E-state index in [-0.39, 0.29) is 11.5 Å². The molecule has 2 fully saturated rings. The molecule has 2 saturated heterocycles. The Balaban J connectivity index is 1.90. The largest absolute Gasteiger partial charge is 0.355 e. The molecule has 4 heterocycles. The molecule has 162 valence electrons. The first-order valence-electron chi connectivity index (χ1n) is 10.4. The number of aromatic nitrogens is 2. The van der Waals surface area contributed by atoms with Crippen LogP contribution in [-0.2, 0) is 4.79 Å². The number of nitrogens with zero attached hydrogens (tertiary/aromatic N) is 4. The van der Waals surface area contributed by atoms with Crippen LogP contribution in [0.25, 0.3) is 11.7 Å². The van der Waals surface area contributed by atoms with Crippen LogP contribution in [0.15, 0.2) is 40.7 Å². The first-order valence-corrected chi connectivity index (χ1v) is 11.7. The first kappa shape index (κ1) is 21.8. The molecule has 6 nitrogen and oxygen atoms in total. The number of anilines is 1. The molecular formula is C23H26N4O2S2. The number of thiocarbonyl (C=S) groups is 1. The number of fused-ring (bicyclic) bond motifs is 1. The molecule has 2 aliphatic rings. The molecule has 0 aliphatic carbocycles. The first-order chi connectivity index (χ1) is 14.8. The van der Waals surface area contributed by atoms with Gasteiger partial charge >= 0.3 is 0 Å². The van der Waals surface area contributed by atoms with Gasteiger partial charge in [0.1, 0.15) is 15.8 Å². The molecule has 2 aliphatic heterocycles. The van der Waals surface area contributed by atoms with Crippen molar-refractivity contribution in [3.63, 3.8) is 0 Å². The van der Waals surface area contributed by atoms with E-state index in [4.69, 9.17) is 17.2 Å². The molecule has 8 heteroatoms. The van der Waals surface area contributed by atoms with Crippen LogP contribution in [0, 0.1) is 18.8 Å². The Morgan fingerprint density at radius 2 is 2.00 bits per heavy atom. The fraction of sp³-hybridized carbons (Fsp3) is 0.391. The SMILES string of the molecule is C=CCN1C(=O)/C(=C/c2c(N3C[C@@H](C)C[C@H](C)C3)nc3c(C)cccn3c2=O)SC1=S. The van der Waals surface area contributed by atoms with Gasteiger partial charge in [-0.2, -0.15) is 0 Å². The zero-order valence-electron chi connectivity index (χ0n) is 18.0. The molecule has 0 saturated carbocycles. The van der Waals surface area contributed by atoms with Crippen LogP contribution in [0.5, 0.6) is 0 Å². The molecule has 1 amide bonds. The molecule has 4 rings (SSSR count). The number of pyridine rings is 1. The average molecular weight is 455 g/mol. The normalized spacial score (nSPS) is 23.3. The molecule has 0 N–H and O–H groups in total. The third kappa shape index (κ3) is 4.06. The fourth-order valence-corrected chi connectivity index (χ4v) is 5.68. The van der Waals surface area contributed by atoms with E-state index in [0.717, 1.165) is 25.1 Å². The highest BCUT2D eigenvalue weighted by atomic mass is 32.2. The second-order valence-electron chi connectivity index (χ2n) is 8.47. The summed E-state index contributed by atoms with van der Waals surface area (Å²) in [6, 6.07) is 3.79. The summed E-state index contributed by atoms with van der Waals surface area (Å²) in [6.45, 7) is 12.1. The Morgan fingerprint density at radius 1 is 1.29 bits per heavy atom. The summed E-state index contributed by atoms with van der Waals surface area (Å²) in [5, 5.41) is 0. The van der Waals surface area contributed by atoms with Crippen LogP contribution < -0.4 is 10.5 Å². The third-order valence-corrected chi connectivity index (χ3v) is 7.07. The molecule has 2 aromatic rings. The number of piperidine rings is 1. The maximum absolute atomic E-state index is 13.6. The van der Waals surface area contributed by atoms with Crippen LogP contribution >= 0.6 is 24.0 Å². The Bertz CT molecular complexity index is 1160. The maximum atomic E-state index is 13.6. The predicted molar refractivity (Wildman–Crippen MR) is 131 cm³/mol. The minimum Gasteiger partial charge on any atom is -0.355 e. The van der Waals surface area contributed by atoms with Crippen LogP contribution in [-0.4, -0.2) is 44.1 Å². The molecule has 0 radical (unpaired) electrons. The number of rotatable bonds is 4. The zero-order valence-corrected chi connectivity index (χ0v) is 19.6. The summed E-state index contributed by atoms with van der Waals surface area (Å²) in [5.74, 6) is 1.45. The van der Waals surface area contributed by atoms with E-state index in [9.17, 15) is 9.59 Å². The highest BCUT2D eigenvalue weighted by molar-refractivity contribution is 8.26. The quantitative estimate of drug-likeness (QED) is 0.397. The van der Waals surface area contributed by atoms with Gasteiger partial charge in [0, 0.05) is 25.8 Å². The van der Waals surface area contributed by atoms with E-state index in [1.54, 1.807) is 22.7 Å². The molecule has 31 heavy (non-hydrogen) atoms. The van der Waals surface area contributed by atoms with Crippen molar-refractivity contribution in [2.75, 3.05) is 24.5 Å². The molecule has 0 spiro atoms. The zero-order chi connectivity index (χ0) is 22.3. The number of amides is 1. The Kier molecular flexibility index (Phi) is 6.03. The Morgan fingerprint density at radius 3 is 2.68 bits per heavy atom. The van der Waals surface area contributed by atoms with Gasteiger partial charge in [-0.15, -0.1) is 6.58 Å². The Hall–Kier alpha value is -2.45. The molecule has 2 aromatic heterocycles. The van der Waals surface area contributed by atoms with Crippen molar-refractivity contribution in [1.82, 2.24) is 14.3 Å². The summed E-state index contributed by atoms with van der Waals surface area (Å²) < 4.78 is 2.04. The van der Waals surface area contributed by atoms with Crippen molar-refractivity contribution in [3.05, 3.63) is 57.4 Å². The van der Waals surface area contributed by atoms with E-state index >= 15 is 0 Å². The van der Waals surface area contributed by atoms with Crippen LogP contribution in [0.1, 0.15) is 31.4 Å². The minimum absolute atomic E-state index is 0.177. The van der Waals surface area contributed by atoms with Gasteiger partial charge in [0.25, 0.3) is 11.5 Å². The molecule has 2 atom stereocenters. The van der Waals surface area contributed by atoms with Crippen molar-refractivity contribution < 1.29 is 4.79 Å². The van der Waals surface area contributed by atoms with Crippen molar-refractivity contribution >= 4 is 51.7 Å². The standard InChI is InChI=1S/C23H26N4O2S2/c1-5-8-27-22(29)18(31-23(27)30)11-17-20(25-12-14(2)10-15(3)13-25)24-19-16(4)7-6-9-26(19)21(17)28/h5-7,9,11,14-15H,1,8,10,12-13H2,2-4H3/b18-11-/t14-,15-/m0/s1. The van der Waals surface area contributed by atoms with Gasteiger partial charge in [0.2, 0.25) is 0 Å². The molecule has 0 unspecified atom stereocenters. The van der Waals surface area contributed by atoms with Crippen molar-refractivity contribution in [2.24, 2.45) is 11.8 Å². The van der Waals surface area contributed by atoms with Crippen LogP contribution in [0.4, 0.5) is 5.82 Å². The lowest BCUT2D eigenvalue weighted by atomic mass is 9.91. The van der Waals surface area contributed by atoms with Crippen molar-refractivity contribution in [1.29, 1.82) is 0 Å². The van der Waals surface area contributed by atoms with E-state index in [1.807, 2.05) is 19.1 Å². The lowest BCUT2D eigenvalue weighted by Crippen LogP contribution is -2.40. The average Bonchev–Trinajstić information content (AvgIpc) is 2.97. The number of thioether (sulfide) groups is 1. The van der Waals surface area contributed by atoms with Gasteiger partial charge in [-0.3, -0.25) is 18.9 Å². The summed E-state index contributed by atoms with van der Waals surface area (Å²) in [7, 11) is 0. The monoisotopic (exact) mass is 454 g/mol. The van der Waals surface area contributed by atoms with Gasteiger partial charge in [0.15, 0.2) is 0 Å². The molecular weight excluding hydrogens is 428 g/mol. The topological polar surface area (TPSA) is 57.9 Å². The number of hydrogen-bond donors (Lipinski definition) is 0. The summed E-state index contributed by atoms with van der Waals surface area (Å²) in [6.07, 6.45) is 6.19. The second kappa shape index (κ2) is 8.59. The molecule has 0 bridgehead atoms. The van der Waals surface area contributed by atoms with E-state index < -0.39 is 0 Å². The van der Waals surface area contributed by atoms with Crippen LogP contribution in [0.2, 0.25) is 0 Å². The summed E-state index contributed by atoms with van der Waals surface area (Å²) >= 11 is 6.58. The van der Waals surface area contributed by atoms with Gasteiger partial charge in [-0.05, 0) is 42.9 Å². The van der Waals surface area contributed by atoms with Gasteiger partial charge in [-0.1, -0.05) is 50.0 Å². The summed E-state index contributed by atoms with van der Waals surface area (Å²) in [4.78, 5) is 35.5. The Labute approximate surface area is 191 Å². The van der Waals surface area contributed by atoms with Gasteiger partial charge < -0.3 is 4.90 Å².